The van der Waals surface area contributed by atoms with Crippen molar-refractivity contribution in [2.45, 2.75) is 9.92 Å². The van der Waals surface area contributed by atoms with E-state index in [0.29, 0.717) is 5.69 Å². The number of hydrogen-bond acceptors (Lipinski definition) is 6. The lowest BCUT2D eigenvalue weighted by atomic mass is 10.3. The van der Waals surface area contributed by atoms with Gasteiger partial charge in [-0.25, -0.2) is 18.4 Å². The number of carbonyl (C=O) groups excluding carboxylic acids is 1. The van der Waals surface area contributed by atoms with Gasteiger partial charge in [-0.3, -0.25) is 9.52 Å². The number of amides is 1. The fourth-order valence-electron chi connectivity index (χ4n) is 2.11. The molecule has 7 nitrogen and oxygen atoms in total. The van der Waals surface area contributed by atoms with E-state index in [0.717, 1.165) is 5.03 Å². The first-order valence-corrected chi connectivity index (χ1v) is 10.4. The molecule has 2 aromatic heterocycles. The number of thioether (sulfide) groups is 1. The van der Waals surface area contributed by atoms with Crippen LogP contribution in [0.4, 0.5) is 11.5 Å². The molecule has 0 fully saturated rings. The fraction of sp³-hybridized carbons (Fsp3) is 0.0556. The van der Waals surface area contributed by atoms with E-state index in [2.05, 4.69) is 20.0 Å². The first kappa shape index (κ1) is 18.9. The maximum atomic E-state index is 12.3. The predicted octanol–water partition coefficient (Wildman–Crippen LogP) is 3.01. The zero-order valence-electron chi connectivity index (χ0n) is 14.1. The Morgan fingerprint density at radius 2 is 1.63 bits per heavy atom. The highest BCUT2D eigenvalue weighted by atomic mass is 32.2. The van der Waals surface area contributed by atoms with Crippen LogP contribution in [0.25, 0.3) is 0 Å². The Morgan fingerprint density at radius 3 is 2.26 bits per heavy atom. The number of nitrogens with one attached hydrogen (secondary N) is 2. The molecule has 1 aromatic carbocycles. The molecule has 27 heavy (non-hydrogen) atoms. The number of pyridine rings is 2. The van der Waals surface area contributed by atoms with Crippen LogP contribution in [0.5, 0.6) is 0 Å². The lowest BCUT2D eigenvalue weighted by molar-refractivity contribution is -0.113. The average molecular weight is 400 g/mol. The van der Waals surface area contributed by atoms with Crippen LogP contribution >= 0.6 is 11.8 Å². The molecule has 0 saturated heterocycles. The van der Waals surface area contributed by atoms with E-state index in [4.69, 9.17) is 0 Å². The van der Waals surface area contributed by atoms with Crippen LogP contribution in [0.1, 0.15) is 0 Å². The summed E-state index contributed by atoms with van der Waals surface area (Å²) in [5.74, 6) is 0.243. The normalized spacial score (nSPS) is 11.0. The number of nitrogens with zero attached hydrogens (tertiary/aromatic N) is 2. The van der Waals surface area contributed by atoms with E-state index in [-0.39, 0.29) is 22.4 Å². The number of hydrogen-bond donors (Lipinski definition) is 2. The molecule has 1 amide bonds. The van der Waals surface area contributed by atoms with Gasteiger partial charge in [0, 0.05) is 18.1 Å². The van der Waals surface area contributed by atoms with Gasteiger partial charge >= 0.3 is 0 Å². The van der Waals surface area contributed by atoms with Crippen molar-refractivity contribution in [1.29, 1.82) is 0 Å². The van der Waals surface area contributed by atoms with Gasteiger partial charge in [0.05, 0.1) is 15.7 Å². The first-order valence-electron chi connectivity index (χ1n) is 7.90. The van der Waals surface area contributed by atoms with Crippen molar-refractivity contribution in [2.24, 2.45) is 0 Å². The summed E-state index contributed by atoms with van der Waals surface area (Å²) in [6.45, 7) is 0. The third-order valence-corrected chi connectivity index (χ3v) is 5.66. The predicted molar refractivity (Wildman–Crippen MR) is 105 cm³/mol. The third-order valence-electron chi connectivity index (χ3n) is 3.34. The fourth-order valence-corrected chi connectivity index (χ4v) is 3.78. The van der Waals surface area contributed by atoms with Crippen LogP contribution in [0.2, 0.25) is 0 Å². The Morgan fingerprint density at radius 1 is 0.926 bits per heavy atom. The molecule has 138 valence electrons. The minimum atomic E-state index is -3.74. The lowest BCUT2D eigenvalue weighted by Gasteiger charge is -2.09. The van der Waals surface area contributed by atoms with Gasteiger partial charge in [-0.05, 0) is 48.5 Å². The van der Waals surface area contributed by atoms with Gasteiger partial charge in [-0.15, -0.1) is 0 Å². The number of sulfonamides is 1. The number of anilines is 2. The van der Waals surface area contributed by atoms with Crippen molar-refractivity contribution in [1.82, 2.24) is 9.97 Å². The molecule has 0 atom stereocenters. The van der Waals surface area contributed by atoms with Crippen molar-refractivity contribution in [2.75, 3.05) is 15.8 Å². The van der Waals surface area contributed by atoms with Crippen molar-refractivity contribution < 1.29 is 13.2 Å². The first-order chi connectivity index (χ1) is 13.0. The van der Waals surface area contributed by atoms with E-state index in [9.17, 15) is 13.2 Å². The van der Waals surface area contributed by atoms with E-state index in [1.54, 1.807) is 24.4 Å². The van der Waals surface area contributed by atoms with Gasteiger partial charge in [0.15, 0.2) is 0 Å². The number of rotatable bonds is 7. The van der Waals surface area contributed by atoms with Gasteiger partial charge in [0.2, 0.25) is 5.91 Å². The molecule has 0 saturated carbocycles. The number of aromatic nitrogens is 2. The topological polar surface area (TPSA) is 101 Å². The summed E-state index contributed by atoms with van der Waals surface area (Å²) in [6.07, 6.45) is 3.16. The molecule has 0 bridgehead atoms. The largest absolute Gasteiger partial charge is 0.325 e. The van der Waals surface area contributed by atoms with Gasteiger partial charge in [-0.1, -0.05) is 23.9 Å². The third kappa shape index (κ3) is 5.53. The summed E-state index contributed by atoms with van der Waals surface area (Å²) >= 11 is 1.32. The van der Waals surface area contributed by atoms with Gasteiger partial charge in [0.25, 0.3) is 10.0 Å². The van der Waals surface area contributed by atoms with Gasteiger partial charge in [-0.2, -0.15) is 0 Å². The maximum absolute atomic E-state index is 12.3. The Hall–Kier alpha value is -2.91. The minimum absolute atomic E-state index is 0.0778. The molecule has 3 aromatic rings. The summed E-state index contributed by atoms with van der Waals surface area (Å²) in [6, 6.07) is 16.4. The molecule has 0 aliphatic heterocycles. The van der Waals surface area contributed by atoms with Crippen LogP contribution in [0.3, 0.4) is 0 Å². The Kier molecular flexibility index (Phi) is 6.05. The maximum Gasteiger partial charge on any atom is 0.263 e. The zero-order chi connectivity index (χ0) is 19.1. The highest BCUT2D eigenvalue weighted by Gasteiger charge is 2.14. The van der Waals surface area contributed by atoms with Crippen molar-refractivity contribution >= 4 is 39.2 Å². The molecule has 0 aliphatic carbocycles. The zero-order valence-corrected chi connectivity index (χ0v) is 15.7. The molecular weight excluding hydrogens is 384 g/mol. The summed E-state index contributed by atoms with van der Waals surface area (Å²) in [5, 5.41) is 3.48. The Labute approximate surface area is 161 Å². The van der Waals surface area contributed by atoms with E-state index in [1.165, 1.54) is 42.2 Å². The van der Waals surface area contributed by atoms with Crippen LogP contribution in [0, 0.1) is 0 Å². The highest BCUT2D eigenvalue weighted by molar-refractivity contribution is 7.99. The lowest BCUT2D eigenvalue weighted by Crippen LogP contribution is -2.15. The monoisotopic (exact) mass is 400 g/mol. The van der Waals surface area contributed by atoms with Gasteiger partial charge in [0.1, 0.15) is 5.82 Å². The molecule has 0 unspecified atom stereocenters. The molecule has 2 heterocycles. The van der Waals surface area contributed by atoms with E-state index < -0.39 is 10.0 Å². The van der Waals surface area contributed by atoms with Crippen LogP contribution in [0.15, 0.2) is 83.0 Å². The summed E-state index contributed by atoms with van der Waals surface area (Å²) < 4.78 is 27.1. The van der Waals surface area contributed by atoms with Crippen molar-refractivity contribution in [3.8, 4) is 0 Å². The quantitative estimate of drug-likeness (QED) is 0.591. The highest BCUT2D eigenvalue weighted by Crippen LogP contribution is 2.18. The van der Waals surface area contributed by atoms with Crippen LogP contribution < -0.4 is 10.0 Å². The number of benzene rings is 1. The minimum Gasteiger partial charge on any atom is -0.325 e. The van der Waals surface area contributed by atoms with Crippen LogP contribution in [-0.4, -0.2) is 30.0 Å². The van der Waals surface area contributed by atoms with Crippen molar-refractivity contribution in [3.05, 3.63) is 73.1 Å². The number of carbonyl (C=O) groups is 1. The summed E-state index contributed by atoms with van der Waals surface area (Å²) in [4.78, 5) is 20.2. The second kappa shape index (κ2) is 8.65. The van der Waals surface area contributed by atoms with Gasteiger partial charge < -0.3 is 5.32 Å². The molecule has 0 spiro atoms. The molecule has 2 N–H and O–H groups in total. The van der Waals surface area contributed by atoms with E-state index in [1.807, 2.05) is 18.2 Å². The smallest absolute Gasteiger partial charge is 0.263 e. The SMILES string of the molecule is O=C(CSc1ccccn1)Nc1ccc(S(=O)(=O)Nc2ccccn2)cc1. The van der Waals surface area contributed by atoms with E-state index >= 15 is 0 Å². The molecule has 0 aliphatic rings. The summed E-state index contributed by atoms with van der Waals surface area (Å²) in [7, 11) is -3.74. The molecule has 0 radical (unpaired) electrons. The standard InChI is InChI=1S/C18H16N4O3S2/c23-17(13-26-18-6-2-4-12-20-18)21-14-7-9-15(10-8-14)27(24,25)22-16-5-1-3-11-19-16/h1-12H,13H2,(H,19,22)(H,21,23). The second-order valence-electron chi connectivity index (χ2n) is 5.35. The van der Waals surface area contributed by atoms with Crippen LogP contribution in [-0.2, 0) is 14.8 Å². The van der Waals surface area contributed by atoms with Crippen molar-refractivity contribution in [3.63, 3.8) is 0 Å². The molecule has 9 heteroatoms. The Bertz CT molecular complexity index is 996. The molecular formula is C18H16N4O3S2. The second-order valence-corrected chi connectivity index (χ2v) is 8.03. The average Bonchev–Trinajstić information content (AvgIpc) is 2.68. The molecule has 3 rings (SSSR count). The summed E-state index contributed by atoms with van der Waals surface area (Å²) in [5.41, 5.74) is 0.512. The Balaban J connectivity index is 1.59.